The van der Waals surface area contributed by atoms with Gasteiger partial charge in [-0.3, -0.25) is 0 Å². The Morgan fingerprint density at radius 3 is 2.94 bits per heavy atom. The average Bonchev–Trinajstić information content (AvgIpc) is 2.67. The second kappa shape index (κ2) is 4.92. The lowest BCUT2D eigenvalue weighted by Crippen LogP contribution is -2.32. The van der Waals surface area contributed by atoms with Gasteiger partial charge in [0.25, 0.3) is 0 Å². The second-order valence-electron chi connectivity index (χ2n) is 4.27. The van der Waals surface area contributed by atoms with Crippen molar-refractivity contribution >= 4 is 23.2 Å². The maximum atomic E-state index is 9.03. The van der Waals surface area contributed by atoms with E-state index in [4.69, 9.17) is 28.3 Å². The third kappa shape index (κ3) is 2.21. The maximum Gasteiger partial charge on any atom is 0.0627 e. The fourth-order valence-electron chi connectivity index (χ4n) is 2.20. The number of aliphatic hydroxyl groups excluding tert-OH is 1. The Bertz CT molecular complexity index is 395. The Kier molecular flexibility index (Phi) is 3.75. The van der Waals surface area contributed by atoms with E-state index in [1.165, 1.54) is 5.56 Å². The molecule has 1 aliphatic rings. The minimum atomic E-state index is 0.102. The number of nitrogens with one attached hydrogen (secondary N) is 1. The van der Waals surface area contributed by atoms with Crippen LogP contribution in [0.15, 0.2) is 12.1 Å². The standard InChI is InChI=1S/C12H15Cl2NO/c1-7(6-16)15-11-5-3-9-8(11)2-4-10(13)12(9)14/h2,4,7,11,15-16H,3,5-6H2,1H3/t7-,11?/m1/s1. The van der Waals surface area contributed by atoms with Gasteiger partial charge in [-0.15, -0.1) is 0 Å². The van der Waals surface area contributed by atoms with Crippen molar-refractivity contribution in [1.82, 2.24) is 5.32 Å². The van der Waals surface area contributed by atoms with Crippen LogP contribution >= 0.6 is 23.2 Å². The molecule has 1 aliphatic carbocycles. The van der Waals surface area contributed by atoms with E-state index >= 15 is 0 Å². The highest BCUT2D eigenvalue weighted by molar-refractivity contribution is 6.42. The van der Waals surface area contributed by atoms with Crippen LogP contribution in [0.1, 0.15) is 30.5 Å². The molecule has 0 spiro atoms. The van der Waals surface area contributed by atoms with Gasteiger partial charge in [-0.05, 0) is 37.0 Å². The molecule has 1 unspecified atom stereocenters. The van der Waals surface area contributed by atoms with Crippen LogP contribution in [-0.2, 0) is 6.42 Å². The zero-order valence-corrected chi connectivity index (χ0v) is 10.6. The smallest absolute Gasteiger partial charge is 0.0627 e. The van der Waals surface area contributed by atoms with Crippen molar-refractivity contribution in [3.63, 3.8) is 0 Å². The lowest BCUT2D eigenvalue weighted by Gasteiger charge is -2.18. The molecule has 0 bridgehead atoms. The van der Waals surface area contributed by atoms with Crippen molar-refractivity contribution in [3.05, 3.63) is 33.3 Å². The summed E-state index contributed by atoms with van der Waals surface area (Å²) in [7, 11) is 0. The van der Waals surface area contributed by atoms with Crippen molar-refractivity contribution in [2.45, 2.75) is 31.8 Å². The molecule has 0 amide bonds. The fourth-order valence-corrected chi connectivity index (χ4v) is 2.65. The van der Waals surface area contributed by atoms with Gasteiger partial charge in [0.2, 0.25) is 0 Å². The van der Waals surface area contributed by atoms with E-state index < -0.39 is 0 Å². The Hall–Kier alpha value is -0.280. The quantitative estimate of drug-likeness (QED) is 0.875. The van der Waals surface area contributed by atoms with Crippen LogP contribution in [-0.4, -0.2) is 17.8 Å². The van der Waals surface area contributed by atoms with E-state index in [9.17, 15) is 0 Å². The SMILES string of the molecule is C[C@H](CO)NC1CCc2c1ccc(Cl)c2Cl. The molecule has 88 valence electrons. The van der Waals surface area contributed by atoms with Crippen LogP contribution in [0.4, 0.5) is 0 Å². The van der Waals surface area contributed by atoms with Crippen molar-refractivity contribution < 1.29 is 5.11 Å². The first-order valence-corrected chi connectivity index (χ1v) is 6.22. The third-order valence-corrected chi connectivity index (χ3v) is 3.89. The number of benzene rings is 1. The van der Waals surface area contributed by atoms with E-state index in [1.807, 2.05) is 19.1 Å². The Balaban J connectivity index is 2.24. The Morgan fingerprint density at radius 1 is 1.50 bits per heavy atom. The van der Waals surface area contributed by atoms with Crippen LogP contribution in [0.2, 0.25) is 10.0 Å². The topological polar surface area (TPSA) is 32.3 Å². The summed E-state index contributed by atoms with van der Waals surface area (Å²) < 4.78 is 0. The van der Waals surface area contributed by atoms with Gasteiger partial charge >= 0.3 is 0 Å². The molecular weight excluding hydrogens is 245 g/mol. The van der Waals surface area contributed by atoms with Crippen molar-refractivity contribution in [1.29, 1.82) is 0 Å². The average molecular weight is 260 g/mol. The maximum absolute atomic E-state index is 9.03. The zero-order valence-electron chi connectivity index (χ0n) is 9.13. The molecule has 1 aromatic rings. The zero-order chi connectivity index (χ0) is 11.7. The summed E-state index contributed by atoms with van der Waals surface area (Å²) in [5.41, 5.74) is 2.37. The predicted molar refractivity (Wildman–Crippen MR) is 67.2 cm³/mol. The molecular formula is C12H15Cl2NO. The van der Waals surface area contributed by atoms with Gasteiger partial charge in [-0.2, -0.15) is 0 Å². The summed E-state index contributed by atoms with van der Waals surface area (Å²) in [4.78, 5) is 0. The molecule has 0 heterocycles. The van der Waals surface area contributed by atoms with E-state index in [2.05, 4.69) is 5.32 Å². The molecule has 1 aromatic carbocycles. The second-order valence-corrected chi connectivity index (χ2v) is 5.06. The van der Waals surface area contributed by atoms with Crippen LogP contribution < -0.4 is 5.32 Å². The lowest BCUT2D eigenvalue weighted by molar-refractivity contribution is 0.240. The number of halogens is 2. The van der Waals surface area contributed by atoms with Crippen LogP contribution in [0, 0.1) is 0 Å². The van der Waals surface area contributed by atoms with Gasteiger partial charge < -0.3 is 10.4 Å². The molecule has 2 rings (SSSR count). The number of aliphatic hydroxyl groups is 1. The Labute approximate surface area is 106 Å². The third-order valence-electron chi connectivity index (χ3n) is 3.05. The largest absolute Gasteiger partial charge is 0.395 e. The summed E-state index contributed by atoms with van der Waals surface area (Å²) >= 11 is 12.1. The van der Waals surface area contributed by atoms with Gasteiger partial charge in [0.1, 0.15) is 0 Å². The highest BCUT2D eigenvalue weighted by Crippen LogP contribution is 2.39. The van der Waals surface area contributed by atoms with Gasteiger partial charge in [0.15, 0.2) is 0 Å². The number of hydrogen-bond donors (Lipinski definition) is 2. The summed E-state index contributed by atoms with van der Waals surface area (Å²) in [6.45, 7) is 2.11. The predicted octanol–water partition coefficient (Wildman–Crippen LogP) is 2.95. The van der Waals surface area contributed by atoms with Crippen LogP contribution in [0.3, 0.4) is 0 Å². The van der Waals surface area contributed by atoms with Gasteiger partial charge in [-0.1, -0.05) is 29.3 Å². The molecule has 2 N–H and O–H groups in total. The summed E-state index contributed by atoms with van der Waals surface area (Å²) in [5.74, 6) is 0. The molecule has 0 fully saturated rings. The first-order valence-electron chi connectivity index (χ1n) is 5.47. The van der Waals surface area contributed by atoms with E-state index in [1.54, 1.807) is 0 Å². The Morgan fingerprint density at radius 2 is 2.25 bits per heavy atom. The first-order chi connectivity index (χ1) is 7.63. The van der Waals surface area contributed by atoms with E-state index in [0.717, 1.165) is 18.4 Å². The minimum Gasteiger partial charge on any atom is -0.395 e. The molecule has 0 radical (unpaired) electrons. The summed E-state index contributed by atoms with van der Waals surface area (Å²) in [6.07, 6.45) is 1.96. The van der Waals surface area contributed by atoms with Gasteiger partial charge in [0, 0.05) is 12.1 Å². The molecule has 2 nitrogen and oxygen atoms in total. The molecule has 16 heavy (non-hydrogen) atoms. The number of rotatable bonds is 3. The van der Waals surface area contributed by atoms with E-state index in [-0.39, 0.29) is 18.7 Å². The normalized spacial score (nSPS) is 20.9. The summed E-state index contributed by atoms with van der Waals surface area (Å²) in [6, 6.07) is 4.25. The van der Waals surface area contributed by atoms with Gasteiger partial charge in [0.05, 0.1) is 16.7 Å². The van der Waals surface area contributed by atoms with Crippen molar-refractivity contribution in [2.24, 2.45) is 0 Å². The van der Waals surface area contributed by atoms with Crippen LogP contribution in [0.25, 0.3) is 0 Å². The van der Waals surface area contributed by atoms with Crippen LogP contribution in [0.5, 0.6) is 0 Å². The van der Waals surface area contributed by atoms with Crippen molar-refractivity contribution in [3.8, 4) is 0 Å². The molecule has 0 aromatic heterocycles. The number of hydrogen-bond acceptors (Lipinski definition) is 2. The molecule has 0 saturated carbocycles. The summed E-state index contributed by atoms with van der Waals surface area (Å²) in [5, 5.41) is 13.7. The molecule has 0 aliphatic heterocycles. The van der Waals surface area contributed by atoms with Crippen molar-refractivity contribution in [2.75, 3.05) is 6.61 Å². The monoisotopic (exact) mass is 259 g/mol. The highest BCUT2D eigenvalue weighted by atomic mass is 35.5. The molecule has 4 heteroatoms. The lowest BCUT2D eigenvalue weighted by atomic mass is 10.1. The first kappa shape index (κ1) is 12.2. The fraction of sp³-hybridized carbons (Fsp3) is 0.500. The van der Waals surface area contributed by atoms with E-state index in [0.29, 0.717) is 10.0 Å². The van der Waals surface area contributed by atoms with Gasteiger partial charge in [-0.25, -0.2) is 0 Å². The highest BCUT2D eigenvalue weighted by Gasteiger charge is 2.25. The molecule has 2 atom stereocenters. The molecule has 0 saturated heterocycles. The number of fused-ring (bicyclic) bond motifs is 1. The minimum absolute atomic E-state index is 0.102.